The van der Waals surface area contributed by atoms with Gasteiger partial charge < -0.3 is 14.7 Å². The van der Waals surface area contributed by atoms with Gasteiger partial charge in [-0.25, -0.2) is 0 Å². The molecule has 0 saturated heterocycles. The summed E-state index contributed by atoms with van der Waals surface area (Å²) in [4.78, 5) is 8.29. The number of benzene rings is 2. The summed E-state index contributed by atoms with van der Waals surface area (Å²) in [6, 6.07) is 22.6. The summed E-state index contributed by atoms with van der Waals surface area (Å²) in [5.74, 6) is 1.10. The maximum absolute atomic E-state index is 5.84. The van der Waals surface area contributed by atoms with Gasteiger partial charge in [0.2, 0.25) is 5.82 Å². The van der Waals surface area contributed by atoms with Crippen LogP contribution in [0, 0.1) is 0 Å². The van der Waals surface area contributed by atoms with Crippen LogP contribution in [0.1, 0.15) is 41.8 Å². The summed E-state index contributed by atoms with van der Waals surface area (Å²) in [7, 11) is 0. The molecule has 3 heterocycles. The molecule has 4 aromatic rings. The molecule has 5 nitrogen and oxygen atoms in total. The van der Waals surface area contributed by atoms with Gasteiger partial charge in [-0.3, -0.25) is 0 Å². The second-order valence-electron chi connectivity index (χ2n) is 8.25. The van der Waals surface area contributed by atoms with Crippen molar-refractivity contribution in [2.24, 2.45) is 0 Å². The van der Waals surface area contributed by atoms with Crippen LogP contribution in [0.2, 0.25) is 0 Å². The maximum Gasteiger partial charge on any atom is 0.258 e. The number of hydrogen-bond donors (Lipinski definition) is 1. The zero-order chi connectivity index (χ0) is 23.5. The Kier molecular flexibility index (Phi) is 6.56. The smallest absolute Gasteiger partial charge is 0.258 e. The lowest BCUT2D eigenvalue weighted by atomic mass is 9.95. The molecule has 0 amide bonds. The number of nitrogens with one attached hydrogen (secondary N) is 1. The summed E-state index contributed by atoms with van der Waals surface area (Å²) >= 11 is 7.57. The number of nitrogens with zero attached hydrogens (tertiary/aromatic N) is 3. The van der Waals surface area contributed by atoms with Gasteiger partial charge in [0, 0.05) is 22.7 Å². The lowest BCUT2D eigenvalue weighted by molar-refractivity contribution is 0.397. The summed E-state index contributed by atoms with van der Waals surface area (Å²) in [6.07, 6.45) is 1.91. The van der Waals surface area contributed by atoms with E-state index in [1.54, 1.807) is 11.3 Å². The van der Waals surface area contributed by atoms with Gasteiger partial charge in [0.05, 0.1) is 11.6 Å². The second-order valence-corrected chi connectivity index (χ2v) is 9.67. The number of allylic oxidation sites excluding steroid dienone is 1. The van der Waals surface area contributed by atoms with Crippen LogP contribution in [0.3, 0.4) is 0 Å². The third-order valence-electron chi connectivity index (χ3n) is 6.17. The number of thiocarbonyl (C=S) groups is 1. The van der Waals surface area contributed by atoms with Crippen molar-refractivity contribution in [3.63, 3.8) is 0 Å². The molecule has 2 aromatic heterocycles. The fraction of sp³-hybridized carbons (Fsp3) is 0.222. The van der Waals surface area contributed by atoms with E-state index in [4.69, 9.17) is 21.7 Å². The van der Waals surface area contributed by atoms with Crippen molar-refractivity contribution in [2.45, 2.75) is 32.7 Å². The van der Waals surface area contributed by atoms with E-state index in [1.807, 2.05) is 30.3 Å². The van der Waals surface area contributed by atoms with E-state index in [0.29, 0.717) is 16.8 Å². The van der Waals surface area contributed by atoms with Gasteiger partial charge in [-0.15, -0.1) is 11.3 Å². The van der Waals surface area contributed by atoms with E-state index in [0.717, 1.165) is 41.8 Å². The maximum atomic E-state index is 5.84. The Bertz CT molecular complexity index is 1290. The molecular formula is C27H26N4OS2. The Morgan fingerprint density at radius 3 is 2.56 bits per heavy atom. The Morgan fingerprint density at radius 1 is 1.06 bits per heavy atom. The highest BCUT2D eigenvalue weighted by atomic mass is 32.1. The van der Waals surface area contributed by atoms with Gasteiger partial charge in [0.1, 0.15) is 0 Å². The normalized spacial score (nSPS) is 16.1. The highest BCUT2D eigenvalue weighted by Crippen LogP contribution is 2.37. The van der Waals surface area contributed by atoms with Crippen molar-refractivity contribution >= 4 is 34.2 Å². The molecule has 0 aliphatic carbocycles. The first-order valence-electron chi connectivity index (χ1n) is 11.4. The molecule has 0 spiro atoms. The SMILES string of the molecule is CCc1ccc(-c2noc(C3=C(C)N(CCc4cccs4)C(=S)NC3c3ccccc3)n2)cc1. The van der Waals surface area contributed by atoms with Crippen LogP contribution in [0.4, 0.5) is 0 Å². The molecular weight excluding hydrogens is 460 g/mol. The Morgan fingerprint density at radius 2 is 1.85 bits per heavy atom. The quantitative estimate of drug-likeness (QED) is 0.311. The van der Waals surface area contributed by atoms with Crippen molar-refractivity contribution in [3.05, 3.63) is 99.7 Å². The van der Waals surface area contributed by atoms with Crippen LogP contribution < -0.4 is 5.32 Å². The Hall–Kier alpha value is -3.29. The van der Waals surface area contributed by atoms with Gasteiger partial charge in [0.25, 0.3) is 5.89 Å². The van der Waals surface area contributed by atoms with Gasteiger partial charge in [-0.1, -0.05) is 72.7 Å². The largest absolute Gasteiger partial charge is 0.351 e. The second kappa shape index (κ2) is 9.91. The molecule has 0 fully saturated rings. The van der Waals surface area contributed by atoms with Crippen molar-refractivity contribution in [1.29, 1.82) is 0 Å². The van der Waals surface area contributed by atoms with E-state index in [1.165, 1.54) is 10.4 Å². The molecule has 1 atom stereocenters. The predicted molar refractivity (Wildman–Crippen MR) is 141 cm³/mol. The zero-order valence-electron chi connectivity index (χ0n) is 19.2. The summed E-state index contributed by atoms with van der Waals surface area (Å²) in [5, 5.41) is 10.7. The van der Waals surface area contributed by atoms with Gasteiger partial charge in [-0.2, -0.15) is 4.98 Å². The van der Waals surface area contributed by atoms with Crippen molar-refractivity contribution in [2.75, 3.05) is 6.54 Å². The van der Waals surface area contributed by atoms with E-state index in [9.17, 15) is 0 Å². The van der Waals surface area contributed by atoms with Gasteiger partial charge in [-0.05, 0) is 54.6 Å². The third-order valence-corrected chi connectivity index (χ3v) is 7.44. The minimum absolute atomic E-state index is 0.164. The fourth-order valence-electron chi connectivity index (χ4n) is 4.24. The van der Waals surface area contributed by atoms with Crippen LogP contribution >= 0.6 is 23.6 Å². The lowest BCUT2D eigenvalue weighted by Gasteiger charge is -2.37. The molecule has 2 aromatic carbocycles. The molecule has 1 aliphatic rings. The molecule has 0 bridgehead atoms. The van der Waals surface area contributed by atoms with E-state index >= 15 is 0 Å². The molecule has 0 radical (unpaired) electrons. The van der Waals surface area contributed by atoms with Crippen LogP contribution in [0.5, 0.6) is 0 Å². The van der Waals surface area contributed by atoms with Crippen LogP contribution in [0.15, 0.2) is 82.3 Å². The molecule has 1 unspecified atom stereocenters. The molecule has 7 heteroatoms. The average molecular weight is 487 g/mol. The van der Waals surface area contributed by atoms with E-state index in [-0.39, 0.29) is 6.04 Å². The molecule has 0 saturated carbocycles. The highest BCUT2D eigenvalue weighted by Gasteiger charge is 2.33. The van der Waals surface area contributed by atoms with Crippen molar-refractivity contribution in [1.82, 2.24) is 20.4 Å². The fourth-order valence-corrected chi connectivity index (χ4v) is 5.28. The summed E-state index contributed by atoms with van der Waals surface area (Å²) in [6.45, 7) is 5.01. The van der Waals surface area contributed by atoms with Gasteiger partial charge >= 0.3 is 0 Å². The molecule has 5 rings (SSSR count). The topological polar surface area (TPSA) is 54.2 Å². The first-order valence-corrected chi connectivity index (χ1v) is 12.7. The standard InChI is InChI=1S/C27H26N4OS2/c1-3-19-11-13-21(14-12-19)25-29-26(32-30-25)23-18(2)31(16-15-22-10-7-17-34-22)27(33)28-24(23)20-8-5-4-6-9-20/h4-14,17,24H,3,15-16H2,1-2H3,(H,28,33). The zero-order valence-corrected chi connectivity index (χ0v) is 20.8. The van der Waals surface area contributed by atoms with Crippen LogP contribution in [0.25, 0.3) is 17.0 Å². The number of rotatable bonds is 7. The molecule has 34 heavy (non-hydrogen) atoms. The van der Waals surface area contributed by atoms with Crippen LogP contribution in [-0.2, 0) is 12.8 Å². The first kappa shape index (κ1) is 22.5. The van der Waals surface area contributed by atoms with Gasteiger partial charge in [0.15, 0.2) is 5.11 Å². The Labute approximate surface area is 209 Å². The van der Waals surface area contributed by atoms with Crippen LogP contribution in [-0.4, -0.2) is 26.7 Å². The highest BCUT2D eigenvalue weighted by molar-refractivity contribution is 7.80. The van der Waals surface area contributed by atoms with Crippen molar-refractivity contribution in [3.8, 4) is 11.4 Å². The molecule has 172 valence electrons. The summed E-state index contributed by atoms with van der Waals surface area (Å²) < 4.78 is 5.84. The lowest BCUT2D eigenvalue weighted by Crippen LogP contribution is -2.46. The molecule has 1 N–H and O–H groups in total. The van der Waals surface area contributed by atoms with E-state index in [2.05, 4.69) is 71.0 Å². The van der Waals surface area contributed by atoms with Crippen molar-refractivity contribution < 1.29 is 4.52 Å². The first-order chi connectivity index (χ1) is 16.6. The third kappa shape index (κ3) is 4.54. The minimum atomic E-state index is -0.164. The number of aryl methyl sites for hydroxylation is 1. The predicted octanol–water partition coefficient (Wildman–Crippen LogP) is 6.27. The number of thiophene rings is 1. The average Bonchev–Trinajstić information content (AvgIpc) is 3.57. The molecule has 1 aliphatic heterocycles. The monoisotopic (exact) mass is 486 g/mol. The number of hydrogen-bond acceptors (Lipinski definition) is 5. The Balaban J connectivity index is 1.53. The number of aromatic nitrogens is 2. The minimum Gasteiger partial charge on any atom is -0.351 e. The van der Waals surface area contributed by atoms with E-state index < -0.39 is 0 Å². The summed E-state index contributed by atoms with van der Waals surface area (Å²) in [5.41, 5.74) is 5.31.